The number of rotatable bonds is 3. The maximum atomic E-state index is 10.8. The van der Waals surface area contributed by atoms with E-state index in [1.54, 1.807) is 12.1 Å². The molecule has 0 spiro atoms. The van der Waals surface area contributed by atoms with Crippen molar-refractivity contribution in [2.75, 3.05) is 7.11 Å². The van der Waals surface area contributed by atoms with Crippen LogP contribution in [0.5, 0.6) is 5.75 Å². The molecular formula is C10H12N2O3. The molecule has 1 fully saturated rings. The highest BCUT2D eigenvalue weighted by Gasteiger charge is 2.39. The fourth-order valence-corrected chi connectivity index (χ4v) is 1.69. The van der Waals surface area contributed by atoms with Crippen LogP contribution in [0, 0.1) is 10.1 Å². The Bertz CT molecular complexity index is 406. The SMILES string of the molecule is COc1ccc([C@@H]2C[C@H]2N)c([N+](=O)[O-])c1. The largest absolute Gasteiger partial charge is 0.497 e. The molecule has 1 aliphatic carbocycles. The van der Waals surface area contributed by atoms with Gasteiger partial charge in [0.25, 0.3) is 5.69 Å². The molecule has 0 radical (unpaired) electrons. The summed E-state index contributed by atoms with van der Waals surface area (Å²) in [5, 5.41) is 10.8. The van der Waals surface area contributed by atoms with Crippen molar-refractivity contribution in [1.29, 1.82) is 0 Å². The Hall–Kier alpha value is -1.62. The van der Waals surface area contributed by atoms with Crippen LogP contribution in [0.2, 0.25) is 0 Å². The molecule has 0 bridgehead atoms. The molecule has 5 nitrogen and oxygen atoms in total. The molecule has 0 unspecified atom stereocenters. The van der Waals surface area contributed by atoms with Gasteiger partial charge in [-0.05, 0) is 18.6 Å². The first-order valence-electron chi connectivity index (χ1n) is 4.71. The summed E-state index contributed by atoms with van der Waals surface area (Å²) in [4.78, 5) is 10.5. The number of benzene rings is 1. The van der Waals surface area contributed by atoms with Gasteiger partial charge in [-0.1, -0.05) is 0 Å². The van der Waals surface area contributed by atoms with E-state index in [9.17, 15) is 10.1 Å². The summed E-state index contributed by atoms with van der Waals surface area (Å²) >= 11 is 0. The van der Waals surface area contributed by atoms with Gasteiger partial charge in [0.2, 0.25) is 0 Å². The van der Waals surface area contributed by atoms with Crippen molar-refractivity contribution >= 4 is 5.69 Å². The van der Waals surface area contributed by atoms with Crippen LogP contribution in [0.3, 0.4) is 0 Å². The lowest BCUT2D eigenvalue weighted by atomic mass is 10.1. The van der Waals surface area contributed by atoms with E-state index in [0.29, 0.717) is 11.3 Å². The van der Waals surface area contributed by atoms with E-state index in [-0.39, 0.29) is 22.6 Å². The quantitative estimate of drug-likeness (QED) is 0.601. The molecule has 0 saturated heterocycles. The lowest BCUT2D eigenvalue weighted by Gasteiger charge is -2.04. The van der Waals surface area contributed by atoms with Gasteiger partial charge in [-0.15, -0.1) is 0 Å². The van der Waals surface area contributed by atoms with Crippen molar-refractivity contribution in [2.45, 2.75) is 18.4 Å². The van der Waals surface area contributed by atoms with Gasteiger partial charge >= 0.3 is 0 Å². The lowest BCUT2D eigenvalue weighted by molar-refractivity contribution is -0.385. The normalized spacial score (nSPS) is 23.6. The molecule has 1 aromatic carbocycles. The summed E-state index contributed by atoms with van der Waals surface area (Å²) < 4.78 is 4.95. The van der Waals surface area contributed by atoms with Crippen LogP contribution in [0.15, 0.2) is 18.2 Å². The van der Waals surface area contributed by atoms with Crippen LogP contribution in [-0.4, -0.2) is 18.1 Å². The Labute approximate surface area is 87.0 Å². The molecule has 0 aliphatic heterocycles. The van der Waals surface area contributed by atoms with E-state index in [1.165, 1.54) is 13.2 Å². The lowest BCUT2D eigenvalue weighted by Crippen LogP contribution is -2.03. The Balaban J connectivity index is 2.40. The van der Waals surface area contributed by atoms with Crippen LogP contribution < -0.4 is 10.5 Å². The topological polar surface area (TPSA) is 78.4 Å². The molecule has 2 rings (SSSR count). The van der Waals surface area contributed by atoms with E-state index >= 15 is 0 Å². The van der Waals surface area contributed by atoms with Crippen LogP contribution in [0.25, 0.3) is 0 Å². The van der Waals surface area contributed by atoms with Gasteiger partial charge in [0.1, 0.15) is 5.75 Å². The van der Waals surface area contributed by atoms with Gasteiger partial charge in [0, 0.05) is 17.5 Å². The van der Waals surface area contributed by atoms with E-state index in [4.69, 9.17) is 10.5 Å². The molecule has 1 aliphatic rings. The van der Waals surface area contributed by atoms with E-state index in [0.717, 1.165) is 6.42 Å². The number of methoxy groups -OCH3 is 1. The van der Waals surface area contributed by atoms with Gasteiger partial charge in [0.15, 0.2) is 0 Å². The maximum Gasteiger partial charge on any atom is 0.276 e. The summed E-state index contributed by atoms with van der Waals surface area (Å²) in [6.07, 6.45) is 0.827. The Kier molecular flexibility index (Phi) is 2.32. The Morgan fingerprint density at radius 3 is 2.73 bits per heavy atom. The van der Waals surface area contributed by atoms with Crippen LogP contribution in [-0.2, 0) is 0 Å². The third-order valence-electron chi connectivity index (χ3n) is 2.67. The fraction of sp³-hybridized carbons (Fsp3) is 0.400. The van der Waals surface area contributed by atoms with Gasteiger partial charge in [-0.2, -0.15) is 0 Å². The summed E-state index contributed by atoms with van der Waals surface area (Å²) in [6.45, 7) is 0. The zero-order chi connectivity index (χ0) is 11.0. The first kappa shape index (κ1) is 9.92. The number of nitrogens with zero attached hydrogens (tertiary/aromatic N) is 1. The van der Waals surface area contributed by atoms with Crippen LogP contribution in [0.1, 0.15) is 17.9 Å². The van der Waals surface area contributed by atoms with Gasteiger partial charge in [-0.25, -0.2) is 0 Å². The van der Waals surface area contributed by atoms with E-state index < -0.39 is 0 Å². The number of nitro benzene ring substituents is 1. The van der Waals surface area contributed by atoms with Gasteiger partial charge < -0.3 is 10.5 Å². The van der Waals surface area contributed by atoms with Gasteiger partial charge in [0.05, 0.1) is 18.1 Å². The second kappa shape index (κ2) is 3.51. The molecule has 1 aromatic rings. The number of nitrogens with two attached hydrogens (primary N) is 1. The molecule has 2 atom stereocenters. The summed E-state index contributed by atoms with van der Waals surface area (Å²) in [6, 6.07) is 4.97. The number of nitro groups is 1. The van der Waals surface area contributed by atoms with Crippen molar-refractivity contribution in [3.8, 4) is 5.75 Å². The molecule has 5 heteroatoms. The minimum Gasteiger partial charge on any atom is -0.497 e. The monoisotopic (exact) mass is 208 g/mol. The highest BCUT2D eigenvalue weighted by Crippen LogP contribution is 2.44. The summed E-state index contributed by atoms with van der Waals surface area (Å²) in [7, 11) is 1.49. The standard InChI is InChI=1S/C10H12N2O3/c1-15-6-2-3-7(8-5-9(8)11)10(4-6)12(13)14/h2-4,8-9H,5,11H2,1H3/t8-,9+/m0/s1. The van der Waals surface area contributed by atoms with E-state index in [2.05, 4.69) is 0 Å². The molecule has 1 saturated carbocycles. The molecule has 0 aromatic heterocycles. The molecule has 0 heterocycles. The predicted octanol–water partition coefficient (Wildman–Crippen LogP) is 1.42. The second-order valence-electron chi connectivity index (χ2n) is 3.69. The average Bonchev–Trinajstić information content (AvgIpc) is 2.94. The molecule has 0 amide bonds. The van der Waals surface area contributed by atoms with Crippen molar-refractivity contribution in [3.63, 3.8) is 0 Å². The van der Waals surface area contributed by atoms with Crippen molar-refractivity contribution in [2.24, 2.45) is 5.73 Å². The van der Waals surface area contributed by atoms with Crippen LogP contribution >= 0.6 is 0 Å². The third-order valence-corrected chi connectivity index (χ3v) is 2.67. The number of ether oxygens (including phenoxy) is 1. The first-order chi connectivity index (χ1) is 7.13. The van der Waals surface area contributed by atoms with Crippen LogP contribution in [0.4, 0.5) is 5.69 Å². The van der Waals surface area contributed by atoms with Gasteiger partial charge in [-0.3, -0.25) is 10.1 Å². The fourth-order valence-electron chi connectivity index (χ4n) is 1.69. The molecule has 80 valence electrons. The van der Waals surface area contributed by atoms with Crippen molar-refractivity contribution < 1.29 is 9.66 Å². The number of hydrogen-bond donors (Lipinski definition) is 1. The smallest absolute Gasteiger partial charge is 0.276 e. The predicted molar refractivity (Wildman–Crippen MR) is 55.0 cm³/mol. The van der Waals surface area contributed by atoms with E-state index in [1.807, 2.05) is 0 Å². The summed E-state index contributed by atoms with van der Waals surface area (Å²) in [5.41, 5.74) is 6.50. The van der Waals surface area contributed by atoms with Crippen molar-refractivity contribution in [1.82, 2.24) is 0 Å². The Morgan fingerprint density at radius 1 is 1.60 bits per heavy atom. The average molecular weight is 208 g/mol. The maximum absolute atomic E-state index is 10.8. The molecule has 2 N–H and O–H groups in total. The minimum absolute atomic E-state index is 0.0668. The molecular weight excluding hydrogens is 196 g/mol. The molecule has 15 heavy (non-hydrogen) atoms. The second-order valence-corrected chi connectivity index (χ2v) is 3.69. The highest BCUT2D eigenvalue weighted by molar-refractivity contribution is 5.50. The third kappa shape index (κ3) is 1.78. The van der Waals surface area contributed by atoms with Crippen molar-refractivity contribution in [3.05, 3.63) is 33.9 Å². The zero-order valence-corrected chi connectivity index (χ0v) is 8.34. The number of hydrogen-bond acceptors (Lipinski definition) is 4. The zero-order valence-electron chi connectivity index (χ0n) is 8.34. The first-order valence-corrected chi connectivity index (χ1v) is 4.71. The highest BCUT2D eigenvalue weighted by atomic mass is 16.6. The minimum atomic E-state index is -0.386. The summed E-state index contributed by atoms with van der Waals surface area (Å²) in [5.74, 6) is 0.635. The Morgan fingerprint density at radius 2 is 2.27 bits per heavy atom.